The highest BCUT2D eigenvalue weighted by molar-refractivity contribution is 5.90. The van der Waals surface area contributed by atoms with E-state index in [1.54, 1.807) is 0 Å². The number of rotatable bonds is 5. The van der Waals surface area contributed by atoms with Gasteiger partial charge < -0.3 is 5.32 Å². The van der Waals surface area contributed by atoms with Crippen molar-refractivity contribution in [3.8, 4) is 0 Å². The second-order valence-corrected chi connectivity index (χ2v) is 3.53. The first-order valence-corrected chi connectivity index (χ1v) is 5.32. The molecule has 88 valence electrons. The number of anilines is 1. The molecule has 0 fully saturated rings. The Morgan fingerprint density at radius 3 is 2.62 bits per heavy atom. The van der Waals surface area contributed by atoms with Crippen molar-refractivity contribution in [1.82, 2.24) is 20.5 Å². The van der Waals surface area contributed by atoms with E-state index in [0.717, 1.165) is 24.4 Å². The minimum atomic E-state index is -0.154. The zero-order chi connectivity index (χ0) is 12.0. The van der Waals surface area contributed by atoms with Gasteiger partial charge in [-0.1, -0.05) is 6.92 Å². The van der Waals surface area contributed by atoms with Crippen molar-refractivity contribution in [3.05, 3.63) is 11.4 Å². The van der Waals surface area contributed by atoms with Crippen molar-refractivity contribution >= 4 is 11.9 Å². The van der Waals surface area contributed by atoms with Crippen LogP contribution in [0.4, 0.5) is 5.95 Å². The summed E-state index contributed by atoms with van der Waals surface area (Å²) in [5.74, 6) is 0.102. The van der Waals surface area contributed by atoms with Gasteiger partial charge in [0.25, 0.3) is 0 Å². The van der Waals surface area contributed by atoms with Gasteiger partial charge in [0, 0.05) is 0 Å². The maximum absolute atomic E-state index is 11.4. The zero-order valence-corrected chi connectivity index (χ0v) is 9.87. The fourth-order valence-corrected chi connectivity index (χ4v) is 1.06. The Balaban J connectivity index is 2.46. The number of aromatic nitrogens is 3. The first-order valence-electron chi connectivity index (χ1n) is 5.32. The summed E-state index contributed by atoms with van der Waals surface area (Å²) in [5.41, 5.74) is 1.54. The number of nitrogens with zero attached hydrogens (tertiary/aromatic N) is 3. The van der Waals surface area contributed by atoms with Crippen LogP contribution in [0.5, 0.6) is 0 Å². The molecule has 0 spiro atoms. The number of carbonyl (C=O) groups is 1. The summed E-state index contributed by atoms with van der Waals surface area (Å²) in [7, 11) is 0. The van der Waals surface area contributed by atoms with E-state index in [1.807, 2.05) is 20.8 Å². The summed E-state index contributed by atoms with van der Waals surface area (Å²) in [6.07, 6.45) is 0.995. The standard InChI is InChI=1S/C10H17N5O/c1-4-5-11-6-9(16)13-10-12-7(2)8(3)14-15-10/h11H,4-6H2,1-3H3,(H,12,13,15,16). The molecule has 0 atom stereocenters. The van der Waals surface area contributed by atoms with E-state index in [2.05, 4.69) is 25.8 Å². The minimum Gasteiger partial charge on any atom is -0.308 e. The second-order valence-electron chi connectivity index (χ2n) is 3.53. The highest BCUT2D eigenvalue weighted by atomic mass is 16.2. The third-order valence-electron chi connectivity index (χ3n) is 2.06. The molecular weight excluding hydrogens is 206 g/mol. The molecule has 1 aromatic rings. The van der Waals surface area contributed by atoms with Crippen LogP contribution in [-0.4, -0.2) is 34.2 Å². The Labute approximate surface area is 94.9 Å². The van der Waals surface area contributed by atoms with Crippen LogP contribution in [-0.2, 0) is 4.79 Å². The molecular formula is C10H17N5O. The van der Waals surface area contributed by atoms with E-state index in [1.165, 1.54) is 0 Å². The number of nitrogens with one attached hydrogen (secondary N) is 2. The lowest BCUT2D eigenvalue weighted by molar-refractivity contribution is -0.115. The van der Waals surface area contributed by atoms with Crippen molar-refractivity contribution in [1.29, 1.82) is 0 Å². The first-order chi connectivity index (χ1) is 7.63. The van der Waals surface area contributed by atoms with Gasteiger partial charge in [-0.2, -0.15) is 5.10 Å². The van der Waals surface area contributed by atoms with Crippen molar-refractivity contribution in [2.24, 2.45) is 0 Å². The first kappa shape index (κ1) is 12.5. The van der Waals surface area contributed by atoms with Crippen LogP contribution in [0.2, 0.25) is 0 Å². The van der Waals surface area contributed by atoms with Gasteiger partial charge >= 0.3 is 0 Å². The van der Waals surface area contributed by atoms with Gasteiger partial charge in [0.1, 0.15) is 0 Å². The van der Waals surface area contributed by atoms with Gasteiger partial charge in [0.15, 0.2) is 0 Å². The maximum atomic E-state index is 11.4. The molecule has 1 heterocycles. The fourth-order valence-electron chi connectivity index (χ4n) is 1.06. The topological polar surface area (TPSA) is 79.8 Å². The molecule has 0 aromatic carbocycles. The van der Waals surface area contributed by atoms with Gasteiger partial charge in [0.05, 0.1) is 17.9 Å². The Hall–Kier alpha value is -1.56. The molecule has 6 nitrogen and oxygen atoms in total. The molecule has 0 unspecified atom stereocenters. The average molecular weight is 223 g/mol. The molecule has 6 heteroatoms. The molecule has 1 rings (SSSR count). The molecule has 0 aliphatic rings. The largest absolute Gasteiger partial charge is 0.308 e. The van der Waals surface area contributed by atoms with Crippen molar-refractivity contribution < 1.29 is 4.79 Å². The summed E-state index contributed by atoms with van der Waals surface area (Å²) in [6.45, 7) is 6.78. The number of carbonyl (C=O) groups excluding carboxylic acids is 1. The van der Waals surface area contributed by atoms with Crippen LogP contribution in [0, 0.1) is 13.8 Å². The number of aryl methyl sites for hydroxylation is 2. The van der Waals surface area contributed by atoms with Gasteiger partial charge in [0.2, 0.25) is 11.9 Å². The van der Waals surface area contributed by atoms with E-state index in [4.69, 9.17) is 0 Å². The summed E-state index contributed by atoms with van der Waals surface area (Å²) in [4.78, 5) is 15.5. The molecule has 0 aliphatic heterocycles. The molecule has 0 radical (unpaired) electrons. The summed E-state index contributed by atoms with van der Waals surface area (Å²) >= 11 is 0. The van der Waals surface area contributed by atoms with E-state index in [-0.39, 0.29) is 18.4 Å². The van der Waals surface area contributed by atoms with Crippen molar-refractivity contribution in [3.63, 3.8) is 0 Å². The molecule has 0 saturated carbocycles. The number of hydrogen-bond donors (Lipinski definition) is 2. The normalized spacial score (nSPS) is 10.2. The molecule has 0 saturated heterocycles. The zero-order valence-electron chi connectivity index (χ0n) is 9.87. The van der Waals surface area contributed by atoms with Crippen LogP contribution in [0.3, 0.4) is 0 Å². The number of amides is 1. The van der Waals surface area contributed by atoms with E-state index >= 15 is 0 Å². The predicted octanol–water partition coefficient (Wildman–Crippen LogP) is 0.427. The Kier molecular flexibility index (Phi) is 4.78. The summed E-state index contributed by atoms with van der Waals surface area (Å²) < 4.78 is 0. The van der Waals surface area contributed by atoms with E-state index < -0.39 is 0 Å². The lowest BCUT2D eigenvalue weighted by Crippen LogP contribution is -2.29. The molecule has 1 amide bonds. The SMILES string of the molecule is CCCNCC(=O)Nc1nnc(C)c(C)n1. The Bertz CT molecular complexity index is 366. The quantitative estimate of drug-likeness (QED) is 0.707. The van der Waals surface area contributed by atoms with Crippen LogP contribution < -0.4 is 10.6 Å². The van der Waals surface area contributed by atoms with Crippen LogP contribution in [0.15, 0.2) is 0 Å². The lowest BCUT2D eigenvalue weighted by atomic mass is 10.4. The van der Waals surface area contributed by atoms with Gasteiger partial charge in [-0.25, -0.2) is 4.98 Å². The van der Waals surface area contributed by atoms with E-state index in [0.29, 0.717) is 0 Å². The van der Waals surface area contributed by atoms with Crippen LogP contribution >= 0.6 is 0 Å². The molecule has 0 bridgehead atoms. The minimum absolute atomic E-state index is 0.154. The third kappa shape index (κ3) is 3.90. The monoisotopic (exact) mass is 223 g/mol. The number of hydrogen-bond acceptors (Lipinski definition) is 5. The van der Waals surface area contributed by atoms with Gasteiger partial charge in [-0.05, 0) is 26.8 Å². The average Bonchev–Trinajstić information content (AvgIpc) is 2.24. The van der Waals surface area contributed by atoms with Crippen LogP contribution in [0.1, 0.15) is 24.7 Å². The van der Waals surface area contributed by atoms with Crippen molar-refractivity contribution in [2.75, 3.05) is 18.4 Å². The Morgan fingerprint density at radius 2 is 2.00 bits per heavy atom. The summed E-state index contributed by atoms with van der Waals surface area (Å²) in [5, 5.41) is 13.2. The van der Waals surface area contributed by atoms with Gasteiger partial charge in [-0.3, -0.25) is 10.1 Å². The Morgan fingerprint density at radius 1 is 1.25 bits per heavy atom. The second kappa shape index (κ2) is 6.12. The molecule has 16 heavy (non-hydrogen) atoms. The highest BCUT2D eigenvalue weighted by Gasteiger charge is 2.05. The molecule has 1 aromatic heterocycles. The van der Waals surface area contributed by atoms with E-state index in [9.17, 15) is 4.79 Å². The van der Waals surface area contributed by atoms with Crippen molar-refractivity contribution in [2.45, 2.75) is 27.2 Å². The highest BCUT2D eigenvalue weighted by Crippen LogP contribution is 2.01. The lowest BCUT2D eigenvalue weighted by Gasteiger charge is -2.05. The summed E-state index contributed by atoms with van der Waals surface area (Å²) in [6, 6.07) is 0. The fraction of sp³-hybridized carbons (Fsp3) is 0.600. The molecule has 2 N–H and O–H groups in total. The molecule has 0 aliphatic carbocycles. The smallest absolute Gasteiger partial charge is 0.249 e. The van der Waals surface area contributed by atoms with Gasteiger partial charge in [-0.15, -0.1) is 5.10 Å². The maximum Gasteiger partial charge on any atom is 0.249 e. The predicted molar refractivity (Wildman–Crippen MR) is 61.1 cm³/mol. The third-order valence-corrected chi connectivity index (χ3v) is 2.06. The van der Waals surface area contributed by atoms with Crippen LogP contribution in [0.25, 0.3) is 0 Å².